The van der Waals surface area contributed by atoms with Crippen molar-refractivity contribution in [3.8, 4) is 5.75 Å². The topological polar surface area (TPSA) is 35.5 Å². The van der Waals surface area contributed by atoms with Crippen LogP contribution in [-0.4, -0.2) is 22.4 Å². The van der Waals surface area contributed by atoms with Gasteiger partial charge in [0.05, 0.1) is 4.83 Å². The molecular formula is C11H12Br2O3. The highest BCUT2D eigenvalue weighted by atomic mass is 79.9. The summed E-state index contributed by atoms with van der Waals surface area (Å²) in [6, 6.07) is 8.81. The summed E-state index contributed by atoms with van der Waals surface area (Å²) in [5.74, 6) is 0.477. The van der Waals surface area contributed by atoms with Crippen molar-refractivity contribution in [2.45, 2.75) is 16.6 Å². The van der Waals surface area contributed by atoms with Gasteiger partial charge in [0.2, 0.25) is 0 Å². The van der Waals surface area contributed by atoms with Crippen molar-refractivity contribution in [3.05, 3.63) is 30.3 Å². The fourth-order valence-electron chi connectivity index (χ4n) is 0.894. The Hall–Kier alpha value is -0.550. The Labute approximate surface area is 111 Å². The summed E-state index contributed by atoms with van der Waals surface area (Å²) < 4.78 is 9.88. The Morgan fingerprint density at radius 2 is 1.94 bits per heavy atom. The van der Waals surface area contributed by atoms with Gasteiger partial charge in [-0.2, -0.15) is 0 Å². The highest BCUT2D eigenvalue weighted by Gasteiger charge is 2.14. The summed E-state index contributed by atoms with van der Waals surface area (Å²) in [6.45, 7) is 2.23. The fraction of sp³-hybridized carbons (Fsp3) is 0.364. The number of halogens is 2. The quantitative estimate of drug-likeness (QED) is 0.471. The zero-order chi connectivity index (χ0) is 12.0. The van der Waals surface area contributed by atoms with Crippen LogP contribution in [0.4, 0.5) is 4.79 Å². The monoisotopic (exact) mass is 350 g/mol. The molecular weight excluding hydrogens is 340 g/mol. The molecule has 0 aliphatic carbocycles. The van der Waals surface area contributed by atoms with E-state index in [2.05, 4.69) is 31.9 Å². The molecule has 0 saturated heterocycles. The number of ether oxygens (including phenoxy) is 2. The van der Waals surface area contributed by atoms with E-state index < -0.39 is 6.16 Å². The van der Waals surface area contributed by atoms with E-state index in [-0.39, 0.29) is 16.3 Å². The molecule has 0 N–H and O–H groups in total. The molecule has 0 bridgehead atoms. The normalized spacial score (nSPS) is 13.9. The number of hydrogen-bond acceptors (Lipinski definition) is 3. The van der Waals surface area contributed by atoms with E-state index in [1.54, 1.807) is 24.3 Å². The molecule has 0 radical (unpaired) electrons. The van der Waals surface area contributed by atoms with E-state index in [1.807, 2.05) is 13.0 Å². The zero-order valence-corrected chi connectivity index (χ0v) is 11.9. The second-order valence-electron chi connectivity index (χ2n) is 3.17. The average molecular weight is 352 g/mol. The molecule has 0 aromatic heterocycles. The number of benzene rings is 1. The Morgan fingerprint density at radius 1 is 1.31 bits per heavy atom. The first kappa shape index (κ1) is 13.5. The summed E-state index contributed by atoms with van der Waals surface area (Å²) in [5.41, 5.74) is 0. The first-order valence-electron chi connectivity index (χ1n) is 4.77. The second-order valence-corrected chi connectivity index (χ2v) is 5.79. The van der Waals surface area contributed by atoms with Crippen molar-refractivity contribution in [3.63, 3.8) is 0 Å². The highest BCUT2D eigenvalue weighted by Crippen LogP contribution is 2.14. The number of alkyl halides is 2. The van der Waals surface area contributed by atoms with E-state index in [9.17, 15) is 4.79 Å². The molecule has 0 amide bonds. The minimum Gasteiger partial charge on any atom is -0.433 e. The van der Waals surface area contributed by atoms with Crippen LogP contribution in [0.25, 0.3) is 0 Å². The largest absolute Gasteiger partial charge is 0.513 e. The van der Waals surface area contributed by atoms with Crippen molar-refractivity contribution in [1.82, 2.24) is 0 Å². The number of rotatable bonds is 4. The van der Waals surface area contributed by atoms with Crippen LogP contribution in [0.2, 0.25) is 0 Å². The SMILES string of the molecule is CC(Br)C(Br)COC(=O)Oc1ccccc1. The third kappa shape index (κ3) is 4.99. The molecule has 2 unspecified atom stereocenters. The molecule has 88 valence electrons. The van der Waals surface area contributed by atoms with Crippen LogP contribution in [0.3, 0.4) is 0 Å². The molecule has 1 aromatic carbocycles. The van der Waals surface area contributed by atoms with Gasteiger partial charge in [0, 0.05) is 4.83 Å². The lowest BCUT2D eigenvalue weighted by Gasteiger charge is -2.12. The van der Waals surface area contributed by atoms with Gasteiger partial charge in [0.15, 0.2) is 0 Å². The lowest BCUT2D eigenvalue weighted by molar-refractivity contribution is 0.1000. The van der Waals surface area contributed by atoms with Crippen molar-refractivity contribution in [2.24, 2.45) is 0 Å². The molecule has 0 fully saturated rings. The summed E-state index contributed by atoms with van der Waals surface area (Å²) >= 11 is 6.75. The third-order valence-electron chi connectivity index (χ3n) is 1.80. The Balaban J connectivity index is 2.32. The van der Waals surface area contributed by atoms with Crippen LogP contribution in [0.15, 0.2) is 30.3 Å². The van der Waals surface area contributed by atoms with Crippen LogP contribution in [0, 0.1) is 0 Å². The molecule has 5 heteroatoms. The van der Waals surface area contributed by atoms with Gasteiger partial charge in [-0.05, 0) is 12.1 Å². The number of para-hydroxylation sites is 1. The van der Waals surface area contributed by atoms with Gasteiger partial charge in [0.25, 0.3) is 0 Å². The van der Waals surface area contributed by atoms with Gasteiger partial charge in [-0.1, -0.05) is 57.0 Å². The molecule has 0 aliphatic heterocycles. The summed E-state index contributed by atoms with van der Waals surface area (Å²) in [6.07, 6.45) is -0.691. The molecule has 0 saturated carbocycles. The number of carbonyl (C=O) groups is 1. The Kier molecular flexibility index (Phi) is 5.84. The molecule has 1 rings (SSSR count). The summed E-state index contributed by atoms with van der Waals surface area (Å²) in [5, 5.41) is 0. The van der Waals surface area contributed by atoms with Gasteiger partial charge < -0.3 is 9.47 Å². The first-order chi connectivity index (χ1) is 7.59. The predicted molar refractivity (Wildman–Crippen MR) is 69.5 cm³/mol. The molecule has 16 heavy (non-hydrogen) atoms. The Bertz CT molecular complexity index is 327. The van der Waals surface area contributed by atoms with E-state index in [4.69, 9.17) is 9.47 Å². The lowest BCUT2D eigenvalue weighted by atomic mass is 10.3. The maximum atomic E-state index is 11.3. The average Bonchev–Trinajstić information content (AvgIpc) is 2.27. The van der Waals surface area contributed by atoms with Crippen molar-refractivity contribution >= 4 is 38.0 Å². The second kappa shape index (κ2) is 6.91. The van der Waals surface area contributed by atoms with E-state index in [0.717, 1.165) is 0 Å². The van der Waals surface area contributed by atoms with Crippen LogP contribution in [0.1, 0.15) is 6.92 Å². The zero-order valence-electron chi connectivity index (χ0n) is 8.73. The summed E-state index contributed by atoms with van der Waals surface area (Å²) in [4.78, 5) is 11.5. The van der Waals surface area contributed by atoms with Crippen LogP contribution in [0.5, 0.6) is 5.75 Å². The first-order valence-corrected chi connectivity index (χ1v) is 6.60. The smallest absolute Gasteiger partial charge is 0.433 e. The fourth-order valence-corrected chi connectivity index (χ4v) is 1.18. The molecule has 2 atom stereocenters. The Morgan fingerprint density at radius 3 is 2.50 bits per heavy atom. The van der Waals surface area contributed by atoms with Gasteiger partial charge in [-0.3, -0.25) is 0 Å². The van der Waals surface area contributed by atoms with Crippen molar-refractivity contribution < 1.29 is 14.3 Å². The summed E-state index contributed by atoms with van der Waals surface area (Å²) in [7, 11) is 0. The number of hydrogen-bond donors (Lipinski definition) is 0. The third-order valence-corrected chi connectivity index (χ3v) is 4.21. The van der Waals surface area contributed by atoms with Crippen molar-refractivity contribution in [1.29, 1.82) is 0 Å². The maximum absolute atomic E-state index is 11.3. The molecule has 1 aromatic rings. The van der Waals surface area contributed by atoms with E-state index in [0.29, 0.717) is 5.75 Å². The molecule has 3 nitrogen and oxygen atoms in total. The minimum atomic E-state index is -0.691. The number of carbonyl (C=O) groups excluding carboxylic acids is 1. The van der Waals surface area contributed by atoms with Crippen molar-refractivity contribution in [2.75, 3.05) is 6.61 Å². The van der Waals surface area contributed by atoms with Gasteiger partial charge in [0.1, 0.15) is 12.4 Å². The lowest BCUT2D eigenvalue weighted by Crippen LogP contribution is -2.21. The predicted octanol–water partition coefficient (Wildman–Crippen LogP) is 3.75. The van der Waals surface area contributed by atoms with Crippen LogP contribution < -0.4 is 4.74 Å². The standard InChI is InChI=1S/C11H12Br2O3/c1-8(12)10(13)7-15-11(14)16-9-5-3-2-4-6-9/h2-6,8,10H,7H2,1H3. The highest BCUT2D eigenvalue weighted by molar-refractivity contribution is 9.12. The maximum Gasteiger partial charge on any atom is 0.513 e. The van der Waals surface area contributed by atoms with Gasteiger partial charge >= 0.3 is 6.16 Å². The molecule has 0 spiro atoms. The molecule has 0 aliphatic rings. The molecule has 0 heterocycles. The van der Waals surface area contributed by atoms with E-state index >= 15 is 0 Å². The van der Waals surface area contributed by atoms with Crippen LogP contribution >= 0.6 is 31.9 Å². The van der Waals surface area contributed by atoms with E-state index in [1.165, 1.54) is 0 Å². The minimum absolute atomic E-state index is 0.0656. The van der Waals surface area contributed by atoms with Gasteiger partial charge in [-0.15, -0.1) is 0 Å². The van der Waals surface area contributed by atoms with Gasteiger partial charge in [-0.25, -0.2) is 4.79 Å². The van der Waals surface area contributed by atoms with Crippen LogP contribution in [-0.2, 0) is 4.74 Å².